The van der Waals surface area contributed by atoms with Gasteiger partial charge in [-0.2, -0.15) is 0 Å². The van der Waals surface area contributed by atoms with Crippen LogP contribution in [0, 0.1) is 0 Å². The Hall–Kier alpha value is -1.99. The Morgan fingerprint density at radius 2 is 1.57 bits per heavy atom. The fourth-order valence-corrected chi connectivity index (χ4v) is 8.26. The summed E-state index contributed by atoms with van der Waals surface area (Å²) in [5.41, 5.74) is 0. The highest BCUT2D eigenvalue weighted by Gasteiger charge is 2.50. The quantitative estimate of drug-likeness (QED) is 0.551. The van der Waals surface area contributed by atoms with Crippen LogP contribution in [0.1, 0.15) is 27.7 Å². The van der Waals surface area contributed by atoms with Gasteiger partial charge >= 0.3 is 5.97 Å². The molecule has 0 radical (unpaired) electrons. The molecule has 2 atom stereocenters. The van der Waals surface area contributed by atoms with E-state index in [1.807, 2.05) is 12.1 Å². The van der Waals surface area contributed by atoms with E-state index in [-0.39, 0.29) is 24.2 Å². The highest BCUT2D eigenvalue weighted by Crippen LogP contribution is 2.37. The van der Waals surface area contributed by atoms with Crippen LogP contribution in [0.3, 0.4) is 0 Å². The molecule has 0 aromatic heterocycles. The summed E-state index contributed by atoms with van der Waals surface area (Å²) >= 11 is 0. The monoisotopic (exact) mass is 400 g/mol. The van der Waals surface area contributed by atoms with Crippen LogP contribution in [0.2, 0.25) is 5.04 Å². The van der Waals surface area contributed by atoms with E-state index in [0.717, 1.165) is 0 Å². The summed E-state index contributed by atoms with van der Waals surface area (Å²) in [4.78, 5) is 11.1. The molecule has 2 aromatic rings. The Kier molecular flexibility index (Phi) is 6.35. The fourth-order valence-electron chi connectivity index (χ4n) is 3.72. The maximum Gasteiger partial charge on any atom is 0.305 e. The zero-order chi connectivity index (χ0) is 20.2. The molecule has 0 aliphatic carbocycles. The molecule has 1 aliphatic rings. The first-order chi connectivity index (χ1) is 13.3. The lowest BCUT2D eigenvalue weighted by Crippen LogP contribution is -2.67. The van der Waals surface area contributed by atoms with Gasteiger partial charge in [-0.25, -0.2) is 0 Å². The Labute approximate surface area is 167 Å². The van der Waals surface area contributed by atoms with Gasteiger partial charge in [0.1, 0.15) is 6.61 Å². The number of esters is 1. The smallest absolute Gasteiger partial charge is 0.305 e. The van der Waals surface area contributed by atoms with E-state index in [0.29, 0.717) is 0 Å². The summed E-state index contributed by atoms with van der Waals surface area (Å²) in [6.45, 7) is 8.50. The van der Waals surface area contributed by atoms with Gasteiger partial charge in [-0.15, -0.1) is 0 Å². The van der Waals surface area contributed by atoms with E-state index < -0.39 is 20.9 Å². The lowest BCUT2D eigenvalue weighted by atomic mass is 10.2. The molecule has 1 aliphatic heterocycles. The second-order valence-corrected chi connectivity index (χ2v) is 12.2. The van der Waals surface area contributed by atoms with Crippen molar-refractivity contribution in [1.82, 2.24) is 0 Å². The van der Waals surface area contributed by atoms with Crippen LogP contribution < -0.4 is 10.4 Å². The third-order valence-electron chi connectivity index (χ3n) is 4.87. The van der Waals surface area contributed by atoms with E-state index in [2.05, 4.69) is 69.3 Å². The molecule has 0 N–H and O–H groups in total. The van der Waals surface area contributed by atoms with E-state index in [9.17, 15) is 4.79 Å². The van der Waals surface area contributed by atoms with Gasteiger partial charge in [0.25, 0.3) is 8.32 Å². The maximum absolute atomic E-state index is 11.1. The molecular formula is C22H28O5Si. The molecular weight excluding hydrogens is 372 g/mol. The van der Waals surface area contributed by atoms with Crippen molar-refractivity contribution >= 4 is 24.7 Å². The third kappa shape index (κ3) is 4.36. The summed E-state index contributed by atoms with van der Waals surface area (Å²) < 4.78 is 23.2. The van der Waals surface area contributed by atoms with E-state index in [1.165, 1.54) is 17.3 Å². The first kappa shape index (κ1) is 20.7. The van der Waals surface area contributed by atoms with Gasteiger partial charge in [-0.1, -0.05) is 81.4 Å². The topological polar surface area (TPSA) is 54.0 Å². The molecule has 2 unspecified atom stereocenters. The Bertz CT molecular complexity index is 733. The second-order valence-electron chi connectivity index (χ2n) is 7.91. The zero-order valence-electron chi connectivity index (χ0n) is 16.9. The highest BCUT2D eigenvalue weighted by atomic mass is 28.4. The summed E-state index contributed by atoms with van der Waals surface area (Å²) in [6.07, 6.45) is -1.24. The first-order valence-corrected chi connectivity index (χ1v) is 11.4. The predicted octanol–water partition coefficient (Wildman–Crippen LogP) is 2.83. The SMILES string of the molecule is CC(=O)OC1COC(CO[Si](c2ccccc2)(c2ccccc2)C(C)(C)C)O1. The maximum atomic E-state index is 11.1. The molecule has 3 rings (SSSR count). The van der Waals surface area contributed by atoms with Crippen molar-refractivity contribution in [1.29, 1.82) is 0 Å². The summed E-state index contributed by atoms with van der Waals surface area (Å²) in [7, 11) is -2.64. The summed E-state index contributed by atoms with van der Waals surface area (Å²) in [5, 5.41) is 2.27. The van der Waals surface area contributed by atoms with Gasteiger partial charge < -0.3 is 18.6 Å². The van der Waals surface area contributed by atoms with Gasteiger partial charge in [-0.3, -0.25) is 4.79 Å². The van der Waals surface area contributed by atoms with E-state index in [4.69, 9.17) is 18.6 Å². The number of hydrogen-bond acceptors (Lipinski definition) is 5. The molecule has 0 bridgehead atoms. The molecule has 0 spiro atoms. The van der Waals surface area contributed by atoms with Crippen molar-refractivity contribution in [2.45, 2.75) is 45.3 Å². The number of ether oxygens (including phenoxy) is 3. The van der Waals surface area contributed by atoms with Crippen LogP contribution in [-0.2, 0) is 23.4 Å². The molecule has 28 heavy (non-hydrogen) atoms. The van der Waals surface area contributed by atoms with Crippen molar-refractivity contribution in [2.24, 2.45) is 0 Å². The number of carbonyl (C=O) groups excluding carboxylic acids is 1. The van der Waals surface area contributed by atoms with Crippen molar-refractivity contribution in [3.8, 4) is 0 Å². The second kappa shape index (κ2) is 8.57. The average Bonchev–Trinajstić information content (AvgIpc) is 3.09. The van der Waals surface area contributed by atoms with Crippen LogP contribution in [0.25, 0.3) is 0 Å². The van der Waals surface area contributed by atoms with Crippen molar-refractivity contribution in [3.63, 3.8) is 0 Å². The van der Waals surface area contributed by atoms with Crippen LogP contribution in [0.5, 0.6) is 0 Å². The average molecular weight is 401 g/mol. The molecule has 1 saturated heterocycles. The first-order valence-electron chi connectivity index (χ1n) is 9.52. The molecule has 150 valence electrons. The highest BCUT2D eigenvalue weighted by molar-refractivity contribution is 6.99. The normalized spacial score (nSPS) is 20.1. The zero-order valence-corrected chi connectivity index (χ0v) is 17.9. The van der Waals surface area contributed by atoms with Crippen LogP contribution in [0.15, 0.2) is 60.7 Å². The van der Waals surface area contributed by atoms with E-state index >= 15 is 0 Å². The largest absolute Gasteiger partial charge is 0.433 e. The van der Waals surface area contributed by atoms with E-state index in [1.54, 1.807) is 0 Å². The van der Waals surface area contributed by atoms with Gasteiger partial charge in [0.2, 0.25) is 6.29 Å². The molecule has 0 amide bonds. The van der Waals surface area contributed by atoms with Crippen LogP contribution in [0.4, 0.5) is 0 Å². The molecule has 1 heterocycles. The fraction of sp³-hybridized carbons (Fsp3) is 0.409. The van der Waals surface area contributed by atoms with Crippen molar-refractivity contribution in [3.05, 3.63) is 60.7 Å². The molecule has 5 nitrogen and oxygen atoms in total. The van der Waals surface area contributed by atoms with Crippen molar-refractivity contribution in [2.75, 3.05) is 13.2 Å². The Morgan fingerprint density at radius 1 is 1.04 bits per heavy atom. The molecule has 2 aromatic carbocycles. The van der Waals surface area contributed by atoms with Gasteiger partial charge in [0.15, 0.2) is 6.29 Å². The summed E-state index contributed by atoms with van der Waals surface area (Å²) in [5.74, 6) is -0.387. The third-order valence-corrected chi connectivity index (χ3v) is 9.88. The van der Waals surface area contributed by atoms with Crippen LogP contribution >= 0.6 is 0 Å². The lowest BCUT2D eigenvalue weighted by Gasteiger charge is -2.43. The standard InChI is InChI=1S/C22H28O5Si/c1-17(23)26-21-15-24-20(27-21)16-25-28(22(2,3)4,18-11-7-5-8-12-18)19-13-9-6-10-14-19/h5-14,20-21H,15-16H2,1-4H3. The number of carbonyl (C=O) groups is 1. The molecule has 1 fully saturated rings. The summed E-state index contributed by atoms with van der Waals surface area (Å²) in [6, 6.07) is 20.8. The minimum atomic E-state index is -2.64. The minimum absolute atomic E-state index is 0.121. The minimum Gasteiger partial charge on any atom is -0.433 e. The van der Waals surface area contributed by atoms with Crippen molar-refractivity contribution < 1.29 is 23.4 Å². The number of hydrogen-bond donors (Lipinski definition) is 0. The number of benzene rings is 2. The van der Waals surface area contributed by atoms with Crippen LogP contribution in [-0.4, -0.2) is 40.1 Å². The van der Waals surface area contributed by atoms with Gasteiger partial charge in [0.05, 0.1) is 6.61 Å². The molecule has 0 saturated carbocycles. The number of rotatable bonds is 6. The Morgan fingerprint density at radius 3 is 2.04 bits per heavy atom. The van der Waals surface area contributed by atoms with Gasteiger partial charge in [-0.05, 0) is 15.4 Å². The molecule has 6 heteroatoms. The Balaban J connectivity index is 1.90. The lowest BCUT2D eigenvalue weighted by molar-refractivity contribution is -0.176. The van der Waals surface area contributed by atoms with Gasteiger partial charge in [0, 0.05) is 6.92 Å². The predicted molar refractivity (Wildman–Crippen MR) is 110 cm³/mol.